The molecule has 1 atom stereocenters. The Hall–Kier alpha value is -2.37. The zero-order valence-corrected chi connectivity index (χ0v) is 10.8. The van der Waals surface area contributed by atoms with E-state index in [1.807, 2.05) is 0 Å². The lowest BCUT2D eigenvalue weighted by atomic mass is 10.1. The molecule has 6 heteroatoms. The molecule has 0 radical (unpaired) electrons. The lowest BCUT2D eigenvalue weighted by Crippen LogP contribution is -2.35. The fraction of sp³-hybridized carbons (Fsp3) is 0.308. The number of hydrogen-bond donors (Lipinski definition) is 0. The van der Waals surface area contributed by atoms with Crippen LogP contribution in [-0.4, -0.2) is 23.1 Å². The summed E-state index contributed by atoms with van der Waals surface area (Å²) in [6.07, 6.45) is 1.47. The van der Waals surface area contributed by atoms with E-state index < -0.39 is 16.5 Å². The van der Waals surface area contributed by atoms with Gasteiger partial charge in [0.1, 0.15) is 12.4 Å². The second-order valence-corrected chi connectivity index (χ2v) is 4.15. The molecule has 0 aliphatic heterocycles. The number of rotatable bonds is 6. The zero-order chi connectivity index (χ0) is 14.5. The minimum Gasteiger partial charge on any atom is -0.489 e. The Kier molecular flexibility index (Phi) is 4.63. The van der Waals surface area contributed by atoms with Crippen LogP contribution < -0.4 is 4.74 Å². The Morgan fingerprint density at radius 3 is 2.47 bits per heavy atom. The number of carbonyl (C=O) groups excluding carboxylic acids is 1. The van der Waals surface area contributed by atoms with Crippen LogP contribution in [0.1, 0.15) is 13.8 Å². The van der Waals surface area contributed by atoms with Crippen molar-refractivity contribution in [3.63, 3.8) is 0 Å². The van der Waals surface area contributed by atoms with Gasteiger partial charge < -0.3 is 9.47 Å². The Balaban J connectivity index is 2.67. The number of hydrogen-bond acceptors (Lipinski definition) is 5. The maximum Gasteiger partial charge on any atom is 0.303 e. The molecule has 0 amide bonds. The highest BCUT2D eigenvalue weighted by Gasteiger charge is 2.24. The monoisotopic (exact) mass is 265 g/mol. The number of benzene rings is 1. The minimum absolute atomic E-state index is 0.0150. The third-order valence-electron chi connectivity index (χ3n) is 2.38. The number of ether oxygens (including phenoxy) is 2. The molecule has 102 valence electrons. The van der Waals surface area contributed by atoms with Crippen LogP contribution in [0.5, 0.6) is 5.75 Å². The van der Waals surface area contributed by atoms with Gasteiger partial charge in [-0.25, -0.2) is 0 Å². The van der Waals surface area contributed by atoms with Gasteiger partial charge in [-0.05, 0) is 25.1 Å². The van der Waals surface area contributed by atoms with Gasteiger partial charge in [-0.1, -0.05) is 6.58 Å². The molecule has 1 unspecified atom stereocenters. The highest BCUT2D eigenvalue weighted by Crippen LogP contribution is 2.20. The van der Waals surface area contributed by atoms with Crippen LogP contribution in [0.4, 0.5) is 5.69 Å². The molecular weight excluding hydrogens is 250 g/mol. The summed E-state index contributed by atoms with van der Waals surface area (Å²) >= 11 is 0. The van der Waals surface area contributed by atoms with E-state index in [-0.39, 0.29) is 12.3 Å². The van der Waals surface area contributed by atoms with Gasteiger partial charge in [-0.3, -0.25) is 14.9 Å². The highest BCUT2D eigenvalue weighted by atomic mass is 16.6. The number of esters is 1. The Bertz CT molecular complexity index is 482. The van der Waals surface area contributed by atoms with Crippen molar-refractivity contribution in [2.24, 2.45) is 0 Å². The van der Waals surface area contributed by atoms with E-state index in [0.717, 1.165) is 0 Å². The molecule has 1 rings (SSSR count). The summed E-state index contributed by atoms with van der Waals surface area (Å²) in [5.74, 6) is 0.0144. The van der Waals surface area contributed by atoms with Gasteiger partial charge in [0, 0.05) is 19.1 Å². The first kappa shape index (κ1) is 14.7. The molecule has 0 bridgehead atoms. The first-order valence-electron chi connectivity index (χ1n) is 5.57. The third-order valence-corrected chi connectivity index (χ3v) is 2.38. The molecular formula is C13H15NO5. The van der Waals surface area contributed by atoms with Crippen LogP contribution in [0, 0.1) is 10.1 Å². The van der Waals surface area contributed by atoms with E-state index in [1.165, 1.54) is 37.3 Å². The van der Waals surface area contributed by atoms with Crippen molar-refractivity contribution >= 4 is 11.7 Å². The van der Waals surface area contributed by atoms with E-state index >= 15 is 0 Å². The van der Waals surface area contributed by atoms with Crippen molar-refractivity contribution in [2.75, 3.05) is 6.61 Å². The van der Waals surface area contributed by atoms with Crippen molar-refractivity contribution in [3.8, 4) is 5.75 Å². The van der Waals surface area contributed by atoms with Gasteiger partial charge in [-0.2, -0.15) is 0 Å². The molecule has 0 saturated carbocycles. The maximum atomic E-state index is 10.9. The van der Waals surface area contributed by atoms with E-state index in [1.54, 1.807) is 6.92 Å². The Morgan fingerprint density at radius 1 is 1.47 bits per heavy atom. The average molecular weight is 265 g/mol. The van der Waals surface area contributed by atoms with Crippen LogP contribution in [0.25, 0.3) is 0 Å². The predicted octanol–water partition coefficient (Wildman–Crippen LogP) is 2.48. The molecule has 0 spiro atoms. The first-order chi connectivity index (χ1) is 8.86. The average Bonchev–Trinajstić information content (AvgIpc) is 2.36. The molecule has 0 aliphatic carbocycles. The summed E-state index contributed by atoms with van der Waals surface area (Å²) in [7, 11) is 0. The van der Waals surface area contributed by atoms with Gasteiger partial charge in [0.25, 0.3) is 5.69 Å². The number of nitro groups is 1. The van der Waals surface area contributed by atoms with Crippen molar-refractivity contribution in [3.05, 3.63) is 47.0 Å². The molecule has 1 aromatic rings. The fourth-order valence-corrected chi connectivity index (χ4v) is 1.35. The standard InChI is InChI=1S/C13H15NO5/c1-4-13(3,19-10(2)15)9-18-12-7-5-11(6-8-12)14(16)17/h4-8H,1,9H2,2-3H3. The Labute approximate surface area is 110 Å². The lowest BCUT2D eigenvalue weighted by Gasteiger charge is -2.25. The topological polar surface area (TPSA) is 78.7 Å². The zero-order valence-electron chi connectivity index (χ0n) is 10.8. The van der Waals surface area contributed by atoms with Crippen LogP contribution in [-0.2, 0) is 9.53 Å². The van der Waals surface area contributed by atoms with Crippen molar-refractivity contribution in [1.29, 1.82) is 0 Å². The van der Waals surface area contributed by atoms with Crippen LogP contribution >= 0.6 is 0 Å². The summed E-state index contributed by atoms with van der Waals surface area (Å²) in [4.78, 5) is 21.0. The van der Waals surface area contributed by atoms with Crippen molar-refractivity contribution < 1.29 is 19.2 Å². The predicted molar refractivity (Wildman–Crippen MR) is 69.0 cm³/mol. The van der Waals surface area contributed by atoms with Gasteiger partial charge in [0.05, 0.1) is 4.92 Å². The van der Waals surface area contributed by atoms with Gasteiger partial charge in [0.2, 0.25) is 0 Å². The molecule has 0 N–H and O–H groups in total. The second kappa shape index (κ2) is 5.99. The number of nitrogens with zero attached hydrogens (tertiary/aromatic N) is 1. The lowest BCUT2D eigenvalue weighted by molar-refractivity contribution is -0.384. The largest absolute Gasteiger partial charge is 0.489 e. The van der Waals surface area contributed by atoms with E-state index in [9.17, 15) is 14.9 Å². The summed E-state index contributed by atoms with van der Waals surface area (Å²) < 4.78 is 10.5. The first-order valence-corrected chi connectivity index (χ1v) is 5.57. The Morgan fingerprint density at radius 2 is 2.05 bits per heavy atom. The highest BCUT2D eigenvalue weighted by molar-refractivity contribution is 5.66. The van der Waals surface area contributed by atoms with Gasteiger partial charge in [0.15, 0.2) is 5.60 Å². The molecule has 0 aliphatic rings. The van der Waals surface area contributed by atoms with Crippen LogP contribution in [0.3, 0.4) is 0 Å². The summed E-state index contributed by atoms with van der Waals surface area (Å²) in [6.45, 7) is 6.62. The van der Waals surface area contributed by atoms with Crippen LogP contribution in [0.2, 0.25) is 0 Å². The van der Waals surface area contributed by atoms with E-state index in [2.05, 4.69) is 6.58 Å². The molecule has 0 heterocycles. The van der Waals surface area contributed by atoms with E-state index in [4.69, 9.17) is 9.47 Å². The number of nitro benzene ring substituents is 1. The number of non-ortho nitro benzene ring substituents is 1. The molecule has 0 fully saturated rings. The number of carbonyl (C=O) groups is 1. The van der Waals surface area contributed by atoms with Crippen molar-refractivity contribution in [2.45, 2.75) is 19.4 Å². The molecule has 1 aromatic carbocycles. The van der Waals surface area contributed by atoms with Crippen LogP contribution in [0.15, 0.2) is 36.9 Å². The molecule has 0 aromatic heterocycles. The quantitative estimate of drug-likeness (QED) is 0.341. The minimum atomic E-state index is -0.937. The normalized spacial score (nSPS) is 13.2. The molecule has 0 saturated heterocycles. The molecule has 6 nitrogen and oxygen atoms in total. The summed E-state index contributed by atoms with van der Waals surface area (Å²) in [6, 6.07) is 5.64. The third kappa shape index (κ3) is 4.42. The second-order valence-electron chi connectivity index (χ2n) is 4.15. The fourth-order valence-electron chi connectivity index (χ4n) is 1.35. The van der Waals surface area contributed by atoms with Crippen molar-refractivity contribution in [1.82, 2.24) is 0 Å². The van der Waals surface area contributed by atoms with Gasteiger partial charge in [-0.15, -0.1) is 0 Å². The SMILES string of the molecule is C=CC(C)(COc1ccc([N+](=O)[O-])cc1)OC(C)=O. The summed E-state index contributed by atoms with van der Waals surface area (Å²) in [5.41, 5.74) is -0.952. The smallest absolute Gasteiger partial charge is 0.303 e. The molecule has 19 heavy (non-hydrogen) atoms. The summed E-state index contributed by atoms with van der Waals surface area (Å²) in [5, 5.41) is 10.5. The maximum absolute atomic E-state index is 10.9. The van der Waals surface area contributed by atoms with Gasteiger partial charge >= 0.3 is 5.97 Å². The van der Waals surface area contributed by atoms with E-state index in [0.29, 0.717) is 5.75 Å².